The van der Waals surface area contributed by atoms with Crippen molar-refractivity contribution >= 4 is 0 Å². The lowest BCUT2D eigenvalue weighted by Gasteiger charge is -2.18. The molecule has 3 nitrogen and oxygen atoms in total. The predicted octanol–water partition coefficient (Wildman–Crippen LogP) is 3.96. The van der Waals surface area contributed by atoms with E-state index in [-0.39, 0.29) is 0 Å². The van der Waals surface area contributed by atoms with Crippen LogP contribution in [0, 0.1) is 5.92 Å². The van der Waals surface area contributed by atoms with Gasteiger partial charge in [0.1, 0.15) is 11.9 Å². The highest BCUT2D eigenvalue weighted by atomic mass is 16.5. The number of unbranched alkanes of at least 4 members (excludes halogenated alkanes) is 1. The summed E-state index contributed by atoms with van der Waals surface area (Å²) in [4.78, 5) is 0. The van der Waals surface area contributed by atoms with E-state index in [0.29, 0.717) is 18.3 Å². The van der Waals surface area contributed by atoms with Crippen LogP contribution in [0.1, 0.15) is 51.2 Å². The molecule has 0 aliphatic rings. The molecule has 0 aromatic heterocycles. The number of para-hydroxylation sites is 1. The molecule has 114 valence electrons. The zero-order chi connectivity index (χ0) is 14.8. The largest absolute Gasteiger partial charge is 0.496 e. The van der Waals surface area contributed by atoms with Gasteiger partial charge >= 0.3 is 0 Å². The Bertz CT molecular complexity index is 365. The zero-order valence-electron chi connectivity index (χ0n) is 13.0. The van der Waals surface area contributed by atoms with Crippen LogP contribution in [0.15, 0.2) is 24.3 Å². The molecule has 1 aromatic carbocycles. The maximum absolute atomic E-state index is 10.2. The lowest BCUT2D eigenvalue weighted by atomic mass is 10.0. The second kappa shape index (κ2) is 9.78. The molecule has 0 bridgehead atoms. The molecule has 0 heterocycles. The Kier molecular flexibility index (Phi) is 8.31. The monoisotopic (exact) mass is 280 g/mol. The summed E-state index contributed by atoms with van der Waals surface area (Å²) in [6, 6.07) is 7.53. The van der Waals surface area contributed by atoms with Gasteiger partial charge in [-0.2, -0.15) is 0 Å². The van der Waals surface area contributed by atoms with Gasteiger partial charge in [0.2, 0.25) is 0 Å². The lowest BCUT2D eigenvalue weighted by Crippen LogP contribution is -2.14. The van der Waals surface area contributed by atoms with Crippen molar-refractivity contribution in [2.24, 2.45) is 5.92 Å². The van der Waals surface area contributed by atoms with Gasteiger partial charge in [-0.05, 0) is 18.4 Å². The van der Waals surface area contributed by atoms with Crippen LogP contribution < -0.4 is 4.74 Å². The Morgan fingerprint density at radius 1 is 1.15 bits per heavy atom. The van der Waals surface area contributed by atoms with Crippen LogP contribution >= 0.6 is 0 Å². The summed E-state index contributed by atoms with van der Waals surface area (Å²) in [5.74, 6) is 1.31. The molecule has 0 radical (unpaired) electrons. The smallest absolute Gasteiger partial charge is 0.124 e. The number of ether oxygens (including phenoxy) is 2. The summed E-state index contributed by atoms with van der Waals surface area (Å²) in [6.45, 7) is 5.45. The Hall–Kier alpha value is -1.06. The topological polar surface area (TPSA) is 38.7 Å². The molecule has 0 saturated heterocycles. The van der Waals surface area contributed by atoms with Gasteiger partial charge in [0.05, 0.1) is 13.7 Å². The van der Waals surface area contributed by atoms with Crippen molar-refractivity contribution in [3.63, 3.8) is 0 Å². The van der Waals surface area contributed by atoms with Crippen molar-refractivity contribution in [1.82, 2.24) is 0 Å². The van der Waals surface area contributed by atoms with Crippen LogP contribution in [0.25, 0.3) is 0 Å². The first kappa shape index (κ1) is 17.0. The summed E-state index contributed by atoms with van der Waals surface area (Å²) < 4.78 is 10.9. The van der Waals surface area contributed by atoms with Gasteiger partial charge < -0.3 is 14.6 Å². The van der Waals surface area contributed by atoms with Crippen molar-refractivity contribution in [3.05, 3.63) is 29.8 Å². The number of aliphatic hydroxyl groups is 1. The highest BCUT2D eigenvalue weighted by Gasteiger charge is 2.14. The second-order valence-corrected chi connectivity index (χ2v) is 5.21. The molecule has 2 unspecified atom stereocenters. The molecule has 1 rings (SSSR count). The fourth-order valence-corrected chi connectivity index (χ4v) is 2.28. The Morgan fingerprint density at radius 3 is 2.55 bits per heavy atom. The average Bonchev–Trinajstić information content (AvgIpc) is 2.50. The normalized spacial score (nSPS) is 14.0. The fourth-order valence-electron chi connectivity index (χ4n) is 2.28. The van der Waals surface area contributed by atoms with E-state index < -0.39 is 6.10 Å². The summed E-state index contributed by atoms with van der Waals surface area (Å²) in [5, 5.41) is 10.2. The number of hydrogen-bond donors (Lipinski definition) is 1. The van der Waals surface area contributed by atoms with E-state index in [1.54, 1.807) is 7.11 Å². The molecule has 0 fully saturated rings. The van der Waals surface area contributed by atoms with E-state index >= 15 is 0 Å². The Morgan fingerprint density at radius 2 is 1.90 bits per heavy atom. The minimum absolute atomic E-state index is 0.322. The van der Waals surface area contributed by atoms with Crippen LogP contribution in [0.2, 0.25) is 0 Å². The van der Waals surface area contributed by atoms with Gasteiger partial charge in [0.15, 0.2) is 0 Å². The van der Waals surface area contributed by atoms with Gasteiger partial charge in [-0.15, -0.1) is 0 Å². The molecular weight excluding hydrogens is 252 g/mol. The molecule has 0 aliphatic heterocycles. The van der Waals surface area contributed by atoms with Crippen LogP contribution in [0.4, 0.5) is 0 Å². The average molecular weight is 280 g/mol. The molecular formula is C17H28O3. The van der Waals surface area contributed by atoms with E-state index in [4.69, 9.17) is 9.47 Å². The summed E-state index contributed by atoms with van der Waals surface area (Å²) >= 11 is 0. The summed E-state index contributed by atoms with van der Waals surface area (Å²) in [6.07, 6.45) is 4.18. The zero-order valence-corrected chi connectivity index (χ0v) is 13.0. The molecule has 20 heavy (non-hydrogen) atoms. The van der Waals surface area contributed by atoms with Gasteiger partial charge in [0, 0.05) is 12.2 Å². The number of hydrogen-bond acceptors (Lipinski definition) is 3. The quantitative estimate of drug-likeness (QED) is 0.705. The molecule has 0 spiro atoms. The summed E-state index contributed by atoms with van der Waals surface area (Å²) in [5.41, 5.74) is 0.789. The van der Waals surface area contributed by atoms with Crippen LogP contribution in [-0.2, 0) is 4.74 Å². The predicted molar refractivity (Wildman–Crippen MR) is 82.1 cm³/mol. The van der Waals surface area contributed by atoms with Crippen LogP contribution in [-0.4, -0.2) is 25.4 Å². The highest BCUT2D eigenvalue weighted by molar-refractivity contribution is 5.34. The van der Waals surface area contributed by atoms with E-state index in [1.807, 2.05) is 24.3 Å². The molecule has 2 atom stereocenters. The SMILES string of the molecule is CCCCC(CC)COCC(O)c1ccccc1OC. The molecule has 1 aromatic rings. The van der Waals surface area contributed by atoms with E-state index in [9.17, 15) is 5.11 Å². The van der Waals surface area contributed by atoms with Gasteiger partial charge in [0.25, 0.3) is 0 Å². The molecule has 0 aliphatic carbocycles. The van der Waals surface area contributed by atoms with Gasteiger partial charge in [-0.25, -0.2) is 0 Å². The third-order valence-electron chi connectivity index (χ3n) is 3.67. The minimum Gasteiger partial charge on any atom is -0.496 e. The first-order valence-electron chi connectivity index (χ1n) is 7.61. The number of aliphatic hydroxyl groups excluding tert-OH is 1. The first-order valence-corrected chi connectivity index (χ1v) is 7.61. The molecule has 3 heteroatoms. The number of rotatable bonds is 10. The third kappa shape index (κ3) is 5.51. The minimum atomic E-state index is -0.630. The maximum atomic E-state index is 10.2. The Labute approximate surface area is 122 Å². The van der Waals surface area contributed by atoms with Crippen molar-refractivity contribution < 1.29 is 14.6 Å². The standard InChI is InChI=1S/C17H28O3/c1-4-6-9-14(5-2)12-20-13-16(18)15-10-7-8-11-17(15)19-3/h7-8,10-11,14,16,18H,4-6,9,12-13H2,1-3H3. The fraction of sp³-hybridized carbons (Fsp3) is 0.647. The first-order chi connectivity index (χ1) is 9.72. The van der Waals surface area contributed by atoms with Crippen LogP contribution in [0.3, 0.4) is 0 Å². The molecule has 0 amide bonds. The van der Waals surface area contributed by atoms with E-state index in [0.717, 1.165) is 18.6 Å². The number of benzene rings is 1. The maximum Gasteiger partial charge on any atom is 0.124 e. The number of methoxy groups -OCH3 is 1. The highest BCUT2D eigenvalue weighted by Crippen LogP contribution is 2.25. The van der Waals surface area contributed by atoms with Gasteiger partial charge in [-0.1, -0.05) is 51.3 Å². The second-order valence-electron chi connectivity index (χ2n) is 5.21. The third-order valence-corrected chi connectivity index (χ3v) is 3.67. The van der Waals surface area contributed by atoms with Gasteiger partial charge in [-0.3, -0.25) is 0 Å². The summed E-state index contributed by atoms with van der Waals surface area (Å²) in [7, 11) is 1.62. The van der Waals surface area contributed by atoms with Crippen LogP contribution in [0.5, 0.6) is 5.75 Å². The van der Waals surface area contributed by atoms with E-state index in [2.05, 4.69) is 13.8 Å². The van der Waals surface area contributed by atoms with Crippen molar-refractivity contribution in [1.29, 1.82) is 0 Å². The molecule has 0 saturated carbocycles. The molecule has 1 N–H and O–H groups in total. The lowest BCUT2D eigenvalue weighted by molar-refractivity contribution is 0.0172. The van der Waals surface area contributed by atoms with Crippen molar-refractivity contribution in [2.45, 2.75) is 45.6 Å². The van der Waals surface area contributed by atoms with E-state index in [1.165, 1.54) is 19.3 Å². The van der Waals surface area contributed by atoms with Crippen molar-refractivity contribution in [2.75, 3.05) is 20.3 Å². The van der Waals surface area contributed by atoms with Crippen molar-refractivity contribution in [3.8, 4) is 5.75 Å². The Balaban J connectivity index is 2.40.